The van der Waals surface area contributed by atoms with Gasteiger partial charge in [-0.15, -0.1) is 0 Å². The van der Waals surface area contributed by atoms with Crippen LogP contribution in [0.3, 0.4) is 0 Å². The summed E-state index contributed by atoms with van der Waals surface area (Å²) in [6, 6.07) is 7.57. The third kappa shape index (κ3) is 5.20. The Balaban J connectivity index is 2.51. The van der Waals surface area contributed by atoms with Crippen molar-refractivity contribution in [2.24, 2.45) is 0 Å². The van der Waals surface area contributed by atoms with Gasteiger partial charge in [0.05, 0.1) is 6.61 Å². The number of ether oxygens (including phenoxy) is 1. The summed E-state index contributed by atoms with van der Waals surface area (Å²) in [4.78, 5) is 11.9. The molecule has 1 amide bonds. The number of amides is 1. The monoisotopic (exact) mass is 264 g/mol. The van der Waals surface area contributed by atoms with E-state index in [1.54, 1.807) is 0 Å². The van der Waals surface area contributed by atoms with E-state index in [4.69, 9.17) is 4.74 Å². The molecule has 2 atom stereocenters. The molecule has 0 aliphatic heterocycles. The zero-order valence-corrected chi connectivity index (χ0v) is 12.2. The first-order valence-electron chi connectivity index (χ1n) is 6.86. The Morgan fingerprint density at radius 3 is 2.37 bits per heavy atom. The average Bonchev–Trinajstić information content (AvgIpc) is 2.41. The Morgan fingerprint density at radius 2 is 1.84 bits per heavy atom. The first-order valence-corrected chi connectivity index (χ1v) is 6.86. The van der Waals surface area contributed by atoms with Gasteiger partial charge in [-0.25, -0.2) is 0 Å². The van der Waals surface area contributed by atoms with Gasteiger partial charge in [0.1, 0.15) is 11.8 Å². The second-order valence-corrected chi connectivity index (χ2v) is 4.64. The van der Waals surface area contributed by atoms with E-state index in [1.165, 1.54) is 0 Å². The summed E-state index contributed by atoms with van der Waals surface area (Å²) in [6.45, 7) is 8.51. The van der Waals surface area contributed by atoms with Gasteiger partial charge >= 0.3 is 0 Å². The van der Waals surface area contributed by atoms with E-state index in [2.05, 4.69) is 17.6 Å². The summed E-state index contributed by atoms with van der Waals surface area (Å²) >= 11 is 0. The zero-order valence-electron chi connectivity index (χ0n) is 12.2. The van der Waals surface area contributed by atoms with Crippen LogP contribution in [0.25, 0.3) is 0 Å². The molecule has 2 unspecified atom stereocenters. The number of nitrogens with one attached hydrogen (secondary N) is 2. The Labute approximate surface area is 115 Å². The van der Waals surface area contributed by atoms with E-state index in [-0.39, 0.29) is 18.0 Å². The molecule has 1 aromatic carbocycles. The predicted octanol–water partition coefficient (Wildman–Crippen LogP) is 2.80. The highest BCUT2D eigenvalue weighted by molar-refractivity contribution is 5.84. The van der Waals surface area contributed by atoms with Crippen molar-refractivity contribution in [3.63, 3.8) is 0 Å². The SMILES string of the molecule is CCOc1ccc(NC(C)C(=O)NC(C)CC)cc1. The summed E-state index contributed by atoms with van der Waals surface area (Å²) < 4.78 is 5.37. The van der Waals surface area contributed by atoms with Crippen LogP contribution in [0.2, 0.25) is 0 Å². The van der Waals surface area contributed by atoms with Gasteiger partial charge in [0.15, 0.2) is 0 Å². The first-order chi connectivity index (χ1) is 9.06. The average molecular weight is 264 g/mol. The van der Waals surface area contributed by atoms with Crippen molar-refractivity contribution in [2.75, 3.05) is 11.9 Å². The third-order valence-electron chi connectivity index (χ3n) is 2.94. The maximum Gasteiger partial charge on any atom is 0.242 e. The minimum absolute atomic E-state index is 0.0169. The molecule has 19 heavy (non-hydrogen) atoms. The van der Waals surface area contributed by atoms with E-state index in [0.29, 0.717) is 6.61 Å². The van der Waals surface area contributed by atoms with Gasteiger partial charge in [0, 0.05) is 11.7 Å². The summed E-state index contributed by atoms with van der Waals surface area (Å²) in [5.74, 6) is 0.855. The quantitative estimate of drug-likeness (QED) is 0.796. The molecule has 0 spiro atoms. The second-order valence-electron chi connectivity index (χ2n) is 4.64. The molecule has 4 nitrogen and oxygen atoms in total. The largest absolute Gasteiger partial charge is 0.494 e. The molecular formula is C15H24N2O2. The highest BCUT2D eigenvalue weighted by Gasteiger charge is 2.14. The Hall–Kier alpha value is -1.71. The number of anilines is 1. The van der Waals surface area contributed by atoms with Crippen LogP contribution < -0.4 is 15.4 Å². The molecule has 0 saturated carbocycles. The fourth-order valence-electron chi connectivity index (χ4n) is 1.60. The molecule has 0 fully saturated rings. The Kier molecular flexibility index (Phi) is 6.19. The highest BCUT2D eigenvalue weighted by atomic mass is 16.5. The fourth-order valence-corrected chi connectivity index (χ4v) is 1.60. The number of hydrogen-bond donors (Lipinski definition) is 2. The molecule has 2 N–H and O–H groups in total. The van der Waals surface area contributed by atoms with Crippen LogP contribution in [0.5, 0.6) is 5.75 Å². The third-order valence-corrected chi connectivity index (χ3v) is 2.94. The van der Waals surface area contributed by atoms with Gasteiger partial charge in [0.25, 0.3) is 0 Å². The molecule has 0 aliphatic rings. The maximum atomic E-state index is 11.9. The normalized spacial score (nSPS) is 13.5. The van der Waals surface area contributed by atoms with E-state index >= 15 is 0 Å². The van der Waals surface area contributed by atoms with Crippen molar-refractivity contribution in [3.05, 3.63) is 24.3 Å². The molecule has 106 valence electrons. The van der Waals surface area contributed by atoms with Crippen LogP contribution in [0, 0.1) is 0 Å². The molecule has 1 aromatic rings. The molecule has 1 rings (SSSR count). The summed E-state index contributed by atoms with van der Waals surface area (Å²) in [5.41, 5.74) is 0.912. The molecular weight excluding hydrogens is 240 g/mol. The number of carbonyl (C=O) groups is 1. The number of carbonyl (C=O) groups excluding carboxylic acids is 1. The molecule has 0 heterocycles. The van der Waals surface area contributed by atoms with Crippen LogP contribution in [-0.4, -0.2) is 24.6 Å². The van der Waals surface area contributed by atoms with Gasteiger partial charge in [0.2, 0.25) is 5.91 Å². The standard InChI is InChI=1S/C15H24N2O2/c1-5-11(3)16-15(18)12(4)17-13-7-9-14(10-8-13)19-6-2/h7-12,17H,5-6H2,1-4H3,(H,16,18). The van der Waals surface area contributed by atoms with Crippen molar-refractivity contribution in [1.29, 1.82) is 0 Å². The van der Waals surface area contributed by atoms with Crippen LogP contribution in [-0.2, 0) is 4.79 Å². The van der Waals surface area contributed by atoms with Crippen molar-refractivity contribution in [1.82, 2.24) is 5.32 Å². The van der Waals surface area contributed by atoms with Gasteiger partial charge in [-0.3, -0.25) is 4.79 Å². The summed E-state index contributed by atoms with van der Waals surface area (Å²) in [7, 11) is 0. The number of benzene rings is 1. The number of hydrogen-bond acceptors (Lipinski definition) is 3. The molecule has 0 aliphatic carbocycles. The summed E-state index contributed by atoms with van der Waals surface area (Å²) in [5, 5.41) is 6.13. The smallest absolute Gasteiger partial charge is 0.242 e. The molecule has 0 saturated heterocycles. The minimum atomic E-state index is -0.257. The molecule has 4 heteroatoms. The van der Waals surface area contributed by atoms with Crippen molar-refractivity contribution >= 4 is 11.6 Å². The first kappa shape index (κ1) is 15.3. The van der Waals surface area contributed by atoms with Crippen LogP contribution in [0.4, 0.5) is 5.69 Å². The van der Waals surface area contributed by atoms with E-state index in [1.807, 2.05) is 45.0 Å². The van der Waals surface area contributed by atoms with E-state index in [0.717, 1.165) is 17.9 Å². The second kappa shape index (κ2) is 7.67. The van der Waals surface area contributed by atoms with Crippen LogP contribution in [0.15, 0.2) is 24.3 Å². The maximum absolute atomic E-state index is 11.9. The lowest BCUT2D eigenvalue weighted by Gasteiger charge is -2.18. The van der Waals surface area contributed by atoms with Crippen molar-refractivity contribution in [2.45, 2.75) is 46.2 Å². The Bertz CT molecular complexity index is 390. The van der Waals surface area contributed by atoms with Crippen molar-refractivity contribution in [3.8, 4) is 5.75 Å². The van der Waals surface area contributed by atoms with Crippen LogP contribution in [0.1, 0.15) is 34.1 Å². The van der Waals surface area contributed by atoms with Gasteiger partial charge in [-0.1, -0.05) is 6.92 Å². The molecule has 0 radical (unpaired) electrons. The lowest BCUT2D eigenvalue weighted by atomic mass is 10.2. The fraction of sp³-hybridized carbons (Fsp3) is 0.533. The lowest BCUT2D eigenvalue weighted by molar-refractivity contribution is -0.122. The lowest BCUT2D eigenvalue weighted by Crippen LogP contribution is -2.41. The van der Waals surface area contributed by atoms with E-state index < -0.39 is 0 Å². The van der Waals surface area contributed by atoms with Gasteiger partial charge < -0.3 is 15.4 Å². The van der Waals surface area contributed by atoms with Gasteiger partial charge in [-0.2, -0.15) is 0 Å². The summed E-state index contributed by atoms with van der Waals surface area (Å²) in [6.07, 6.45) is 0.932. The Morgan fingerprint density at radius 1 is 1.21 bits per heavy atom. The topological polar surface area (TPSA) is 50.4 Å². The van der Waals surface area contributed by atoms with Crippen LogP contribution >= 0.6 is 0 Å². The minimum Gasteiger partial charge on any atom is -0.494 e. The van der Waals surface area contributed by atoms with Gasteiger partial charge in [-0.05, 0) is 51.5 Å². The predicted molar refractivity (Wildman–Crippen MR) is 78.6 cm³/mol. The van der Waals surface area contributed by atoms with E-state index in [9.17, 15) is 4.79 Å². The van der Waals surface area contributed by atoms with Crippen molar-refractivity contribution < 1.29 is 9.53 Å². The molecule has 0 aromatic heterocycles. The zero-order chi connectivity index (χ0) is 14.3. The number of rotatable bonds is 7. The molecule has 0 bridgehead atoms. The highest BCUT2D eigenvalue weighted by Crippen LogP contribution is 2.16.